The van der Waals surface area contributed by atoms with Gasteiger partial charge < -0.3 is 15.4 Å². The number of morpholine rings is 1. The van der Waals surface area contributed by atoms with E-state index in [1.54, 1.807) is 11.6 Å². The maximum absolute atomic E-state index is 12.1. The third-order valence-corrected chi connectivity index (χ3v) is 3.21. The van der Waals surface area contributed by atoms with Gasteiger partial charge in [-0.05, 0) is 20.8 Å². The highest BCUT2D eigenvalue weighted by molar-refractivity contribution is 5.85. The van der Waals surface area contributed by atoms with Gasteiger partial charge in [-0.25, -0.2) is 9.67 Å². The third kappa shape index (κ3) is 3.30. The smallest absolute Gasteiger partial charge is 0.253 e. The molecule has 19 heavy (non-hydrogen) atoms. The van der Waals surface area contributed by atoms with Gasteiger partial charge in [0, 0.05) is 19.6 Å². The number of ether oxygens (including phenoxy) is 1. The zero-order chi connectivity index (χ0) is 13.9. The molecule has 1 saturated heterocycles. The van der Waals surface area contributed by atoms with E-state index in [1.807, 2.05) is 13.8 Å². The fraction of sp³-hybridized carbons (Fsp3) is 0.750. The normalized spacial score (nSPS) is 23.3. The minimum atomic E-state index is -0.772. The highest BCUT2D eigenvalue weighted by Crippen LogP contribution is 2.12. The lowest BCUT2D eigenvalue weighted by molar-refractivity contribution is -0.147. The Balaban J connectivity index is 1.82. The summed E-state index contributed by atoms with van der Waals surface area (Å²) < 4.78 is 7.34. The van der Waals surface area contributed by atoms with Crippen LogP contribution in [-0.4, -0.2) is 52.5 Å². The van der Waals surface area contributed by atoms with Crippen LogP contribution in [-0.2, 0) is 16.1 Å². The zero-order valence-electron chi connectivity index (χ0n) is 11.7. The topological polar surface area (TPSA) is 81.1 Å². The van der Waals surface area contributed by atoms with E-state index in [0.717, 1.165) is 18.2 Å². The van der Waals surface area contributed by atoms with Crippen LogP contribution in [0.2, 0.25) is 0 Å². The zero-order valence-corrected chi connectivity index (χ0v) is 11.7. The maximum Gasteiger partial charge on any atom is 0.253 e. The Morgan fingerprint density at radius 1 is 1.58 bits per heavy atom. The predicted molar refractivity (Wildman–Crippen MR) is 69.7 cm³/mol. The van der Waals surface area contributed by atoms with Crippen LogP contribution < -0.4 is 10.6 Å². The molecule has 1 aromatic heterocycles. The molecule has 1 atom stereocenters. The minimum absolute atomic E-state index is 0.0887. The summed E-state index contributed by atoms with van der Waals surface area (Å²) in [5.74, 6) is 1.51. The van der Waals surface area contributed by atoms with Gasteiger partial charge in [0.05, 0.1) is 13.2 Å². The van der Waals surface area contributed by atoms with Gasteiger partial charge in [0.2, 0.25) is 0 Å². The number of nitrogens with zero attached hydrogens (tertiary/aromatic N) is 3. The molecule has 0 spiro atoms. The number of amides is 1. The van der Waals surface area contributed by atoms with E-state index in [0.29, 0.717) is 26.2 Å². The van der Waals surface area contributed by atoms with E-state index in [4.69, 9.17) is 4.74 Å². The molecule has 106 valence electrons. The SMILES string of the molecule is Cc1nc(C)n(CCNC(=O)[C@]2(C)CNCCO2)n1. The largest absolute Gasteiger partial charge is 0.363 e. The number of aromatic nitrogens is 3. The summed E-state index contributed by atoms with van der Waals surface area (Å²) in [6, 6.07) is 0. The molecule has 0 aliphatic carbocycles. The van der Waals surface area contributed by atoms with Gasteiger partial charge in [0.25, 0.3) is 5.91 Å². The minimum Gasteiger partial charge on any atom is -0.363 e. The number of aryl methyl sites for hydroxylation is 2. The average Bonchev–Trinajstić information content (AvgIpc) is 2.69. The standard InChI is InChI=1S/C12H21N5O2/c1-9-15-10(2)17(16-9)6-4-14-11(18)12(3)8-13-5-7-19-12/h13H,4-8H2,1-3H3,(H,14,18)/t12-/m0/s1. The van der Waals surface area contributed by atoms with Crippen molar-refractivity contribution in [2.45, 2.75) is 32.9 Å². The van der Waals surface area contributed by atoms with Crippen molar-refractivity contribution >= 4 is 5.91 Å². The van der Waals surface area contributed by atoms with Crippen LogP contribution in [0.1, 0.15) is 18.6 Å². The Labute approximate surface area is 112 Å². The molecule has 7 heteroatoms. The van der Waals surface area contributed by atoms with Crippen LogP contribution in [0.4, 0.5) is 0 Å². The van der Waals surface area contributed by atoms with Crippen LogP contribution in [0.5, 0.6) is 0 Å². The molecule has 0 saturated carbocycles. The third-order valence-electron chi connectivity index (χ3n) is 3.21. The Bertz CT molecular complexity index is 451. The fourth-order valence-electron chi connectivity index (χ4n) is 2.11. The van der Waals surface area contributed by atoms with Crippen LogP contribution in [0, 0.1) is 13.8 Å². The summed E-state index contributed by atoms with van der Waals surface area (Å²) >= 11 is 0. The Kier molecular flexibility index (Phi) is 4.16. The number of nitrogens with one attached hydrogen (secondary N) is 2. The second kappa shape index (κ2) is 5.66. The lowest BCUT2D eigenvalue weighted by atomic mass is 10.0. The highest BCUT2D eigenvalue weighted by atomic mass is 16.5. The molecule has 1 aromatic rings. The molecule has 2 rings (SSSR count). The number of carbonyl (C=O) groups is 1. The second-order valence-corrected chi connectivity index (χ2v) is 4.94. The molecule has 0 bridgehead atoms. The Hall–Kier alpha value is -1.47. The first kappa shape index (κ1) is 14.0. The lowest BCUT2D eigenvalue weighted by Gasteiger charge is -2.32. The van der Waals surface area contributed by atoms with Crippen LogP contribution in [0.3, 0.4) is 0 Å². The van der Waals surface area contributed by atoms with Crippen molar-refractivity contribution in [3.8, 4) is 0 Å². The van der Waals surface area contributed by atoms with E-state index in [1.165, 1.54) is 0 Å². The molecule has 2 N–H and O–H groups in total. The highest BCUT2D eigenvalue weighted by Gasteiger charge is 2.35. The molecule has 1 amide bonds. The van der Waals surface area contributed by atoms with Crippen LogP contribution >= 0.6 is 0 Å². The lowest BCUT2D eigenvalue weighted by Crippen LogP contribution is -2.57. The van der Waals surface area contributed by atoms with Gasteiger partial charge in [-0.2, -0.15) is 5.10 Å². The molecule has 0 unspecified atom stereocenters. The average molecular weight is 267 g/mol. The first-order valence-electron chi connectivity index (χ1n) is 6.52. The van der Waals surface area contributed by atoms with Crippen molar-refractivity contribution in [3.05, 3.63) is 11.6 Å². The van der Waals surface area contributed by atoms with Crippen molar-refractivity contribution in [2.24, 2.45) is 0 Å². The summed E-state index contributed by atoms with van der Waals surface area (Å²) in [6.07, 6.45) is 0. The predicted octanol–water partition coefficient (Wildman–Crippen LogP) is -0.610. The summed E-state index contributed by atoms with van der Waals surface area (Å²) in [4.78, 5) is 16.3. The number of carbonyl (C=O) groups excluding carboxylic acids is 1. The van der Waals surface area contributed by atoms with Crippen molar-refractivity contribution in [3.63, 3.8) is 0 Å². The van der Waals surface area contributed by atoms with E-state index in [-0.39, 0.29) is 5.91 Å². The van der Waals surface area contributed by atoms with E-state index >= 15 is 0 Å². The first-order chi connectivity index (χ1) is 9.01. The van der Waals surface area contributed by atoms with Crippen LogP contribution in [0.15, 0.2) is 0 Å². The molecule has 7 nitrogen and oxygen atoms in total. The quantitative estimate of drug-likeness (QED) is 0.760. The molecule has 1 aliphatic rings. The molecule has 0 aromatic carbocycles. The van der Waals surface area contributed by atoms with Gasteiger partial charge >= 0.3 is 0 Å². The number of rotatable bonds is 4. The molecule has 0 radical (unpaired) electrons. The molecular formula is C12H21N5O2. The Morgan fingerprint density at radius 3 is 2.95 bits per heavy atom. The molecule has 1 aliphatic heterocycles. The van der Waals surface area contributed by atoms with E-state index < -0.39 is 5.60 Å². The summed E-state index contributed by atoms with van der Waals surface area (Å²) in [5, 5.41) is 10.3. The van der Waals surface area contributed by atoms with Crippen molar-refractivity contribution in [1.29, 1.82) is 0 Å². The Morgan fingerprint density at radius 2 is 2.37 bits per heavy atom. The van der Waals surface area contributed by atoms with Crippen LogP contribution in [0.25, 0.3) is 0 Å². The van der Waals surface area contributed by atoms with Gasteiger partial charge in [0.1, 0.15) is 11.6 Å². The monoisotopic (exact) mass is 267 g/mol. The van der Waals surface area contributed by atoms with Crippen molar-refractivity contribution in [2.75, 3.05) is 26.2 Å². The maximum atomic E-state index is 12.1. The molecule has 2 heterocycles. The number of hydrogen-bond acceptors (Lipinski definition) is 5. The van der Waals surface area contributed by atoms with E-state index in [9.17, 15) is 4.79 Å². The second-order valence-electron chi connectivity index (χ2n) is 4.94. The summed E-state index contributed by atoms with van der Waals surface area (Å²) in [5.41, 5.74) is -0.772. The van der Waals surface area contributed by atoms with Gasteiger partial charge in [-0.1, -0.05) is 0 Å². The van der Waals surface area contributed by atoms with Crippen molar-refractivity contribution in [1.82, 2.24) is 25.4 Å². The fourth-order valence-corrected chi connectivity index (χ4v) is 2.11. The van der Waals surface area contributed by atoms with E-state index in [2.05, 4.69) is 20.7 Å². The number of hydrogen-bond donors (Lipinski definition) is 2. The first-order valence-corrected chi connectivity index (χ1v) is 6.52. The summed E-state index contributed by atoms with van der Waals surface area (Å²) in [6.45, 7) is 8.58. The van der Waals surface area contributed by atoms with Gasteiger partial charge in [-0.3, -0.25) is 4.79 Å². The molecule has 1 fully saturated rings. The molecular weight excluding hydrogens is 246 g/mol. The van der Waals surface area contributed by atoms with Crippen molar-refractivity contribution < 1.29 is 9.53 Å². The van der Waals surface area contributed by atoms with Gasteiger partial charge in [0.15, 0.2) is 5.60 Å². The summed E-state index contributed by atoms with van der Waals surface area (Å²) in [7, 11) is 0. The van der Waals surface area contributed by atoms with Gasteiger partial charge in [-0.15, -0.1) is 0 Å².